The molecule has 2 heterocycles. The molecule has 2 amide bonds. The standard InChI is InChI=1S/C27H41ClN4O2/c1-17-14-27(3,19-8-5-4-6-9-19)32-26(34)23(17)16-30-25(33)22-12-20(28)13-24(18(22)2)31-21-10-7-11-29-15-21/h12-13,17,19,21,23,29,31H,4-11,14-16H2,1-3H3,(H,30,33)(H,32,34). The van der Waals surface area contributed by atoms with Crippen LogP contribution in [0.1, 0.15) is 81.1 Å². The van der Waals surface area contributed by atoms with Gasteiger partial charge >= 0.3 is 0 Å². The van der Waals surface area contributed by atoms with Crippen LogP contribution in [0.15, 0.2) is 12.1 Å². The van der Waals surface area contributed by atoms with E-state index in [9.17, 15) is 9.59 Å². The number of halogens is 1. The molecule has 2 aliphatic heterocycles. The molecule has 4 atom stereocenters. The molecule has 0 aromatic heterocycles. The number of piperidine rings is 2. The van der Waals surface area contributed by atoms with Gasteiger partial charge in [0.15, 0.2) is 0 Å². The minimum absolute atomic E-state index is 0.0714. The van der Waals surface area contributed by atoms with Gasteiger partial charge in [-0.25, -0.2) is 0 Å². The summed E-state index contributed by atoms with van der Waals surface area (Å²) in [6.07, 6.45) is 9.42. The van der Waals surface area contributed by atoms with Gasteiger partial charge in [0.05, 0.1) is 5.92 Å². The Labute approximate surface area is 209 Å². The van der Waals surface area contributed by atoms with Crippen LogP contribution < -0.4 is 21.3 Å². The Morgan fingerprint density at radius 1 is 1.18 bits per heavy atom. The number of hydrogen-bond acceptors (Lipinski definition) is 4. The van der Waals surface area contributed by atoms with Crippen molar-refractivity contribution in [3.8, 4) is 0 Å². The predicted molar refractivity (Wildman–Crippen MR) is 138 cm³/mol. The van der Waals surface area contributed by atoms with Crippen LogP contribution >= 0.6 is 11.6 Å². The molecule has 1 aromatic carbocycles. The van der Waals surface area contributed by atoms with Crippen LogP contribution in [0.4, 0.5) is 5.69 Å². The molecule has 7 heteroatoms. The van der Waals surface area contributed by atoms with E-state index in [4.69, 9.17) is 11.6 Å². The van der Waals surface area contributed by atoms with Gasteiger partial charge in [0, 0.05) is 40.9 Å². The highest BCUT2D eigenvalue weighted by Crippen LogP contribution is 2.40. The van der Waals surface area contributed by atoms with E-state index in [1.807, 2.05) is 13.0 Å². The molecule has 188 valence electrons. The van der Waals surface area contributed by atoms with Gasteiger partial charge in [-0.15, -0.1) is 0 Å². The molecule has 34 heavy (non-hydrogen) atoms. The average Bonchev–Trinajstić information content (AvgIpc) is 2.81. The van der Waals surface area contributed by atoms with E-state index >= 15 is 0 Å². The van der Waals surface area contributed by atoms with Crippen LogP contribution in [-0.2, 0) is 4.79 Å². The lowest BCUT2D eigenvalue weighted by atomic mass is 9.67. The Hall–Kier alpha value is -1.79. The van der Waals surface area contributed by atoms with E-state index in [2.05, 4.69) is 35.1 Å². The largest absolute Gasteiger partial charge is 0.381 e. The number of carbonyl (C=O) groups excluding carboxylic acids is 2. The summed E-state index contributed by atoms with van der Waals surface area (Å²) in [5.41, 5.74) is 2.22. The molecule has 4 rings (SSSR count). The number of amides is 2. The van der Waals surface area contributed by atoms with Gasteiger partial charge in [-0.1, -0.05) is 37.8 Å². The Morgan fingerprint density at radius 2 is 1.94 bits per heavy atom. The number of benzene rings is 1. The molecule has 0 spiro atoms. The summed E-state index contributed by atoms with van der Waals surface area (Å²) in [5.74, 6) is 0.457. The zero-order valence-electron chi connectivity index (χ0n) is 20.9. The molecule has 3 fully saturated rings. The first-order valence-corrected chi connectivity index (χ1v) is 13.5. The van der Waals surface area contributed by atoms with E-state index in [-0.39, 0.29) is 29.2 Å². The van der Waals surface area contributed by atoms with Crippen molar-refractivity contribution < 1.29 is 9.59 Å². The van der Waals surface area contributed by atoms with E-state index in [0.29, 0.717) is 29.1 Å². The molecular weight excluding hydrogens is 448 g/mol. The van der Waals surface area contributed by atoms with Gasteiger partial charge < -0.3 is 21.3 Å². The average molecular weight is 489 g/mol. The summed E-state index contributed by atoms with van der Waals surface area (Å²) >= 11 is 6.38. The van der Waals surface area contributed by atoms with Gasteiger partial charge in [-0.05, 0) is 82.0 Å². The van der Waals surface area contributed by atoms with E-state index in [1.165, 1.54) is 32.1 Å². The van der Waals surface area contributed by atoms with Gasteiger partial charge in [0.25, 0.3) is 5.91 Å². The second kappa shape index (κ2) is 10.9. The Kier molecular flexibility index (Phi) is 8.08. The van der Waals surface area contributed by atoms with Crippen molar-refractivity contribution in [3.63, 3.8) is 0 Å². The minimum atomic E-state index is -0.217. The summed E-state index contributed by atoms with van der Waals surface area (Å²) in [5, 5.41) is 13.9. The zero-order chi connectivity index (χ0) is 24.3. The number of anilines is 1. The summed E-state index contributed by atoms with van der Waals surface area (Å²) in [6.45, 7) is 8.62. The molecule has 2 saturated heterocycles. The molecule has 1 saturated carbocycles. The smallest absolute Gasteiger partial charge is 0.251 e. The molecular formula is C27H41ClN4O2. The van der Waals surface area contributed by atoms with Gasteiger partial charge in [-0.3, -0.25) is 9.59 Å². The van der Waals surface area contributed by atoms with Gasteiger partial charge in [0.1, 0.15) is 0 Å². The summed E-state index contributed by atoms with van der Waals surface area (Å²) < 4.78 is 0. The third-order valence-corrected chi connectivity index (χ3v) is 8.66. The molecule has 0 radical (unpaired) electrons. The van der Waals surface area contributed by atoms with E-state index in [0.717, 1.165) is 43.6 Å². The van der Waals surface area contributed by atoms with Crippen molar-refractivity contribution in [1.82, 2.24) is 16.0 Å². The summed E-state index contributed by atoms with van der Waals surface area (Å²) in [4.78, 5) is 26.3. The monoisotopic (exact) mass is 488 g/mol. The van der Waals surface area contributed by atoms with Crippen molar-refractivity contribution in [3.05, 3.63) is 28.3 Å². The first kappa shape index (κ1) is 25.3. The van der Waals surface area contributed by atoms with Crippen LogP contribution in [0.5, 0.6) is 0 Å². The van der Waals surface area contributed by atoms with E-state index < -0.39 is 0 Å². The van der Waals surface area contributed by atoms with Crippen molar-refractivity contribution in [2.45, 2.75) is 83.7 Å². The zero-order valence-corrected chi connectivity index (χ0v) is 21.7. The number of nitrogens with one attached hydrogen (secondary N) is 4. The van der Waals surface area contributed by atoms with Gasteiger partial charge in [0.2, 0.25) is 5.91 Å². The molecule has 1 aliphatic carbocycles. The SMILES string of the molecule is Cc1c(NC2CCCNC2)cc(Cl)cc1C(=O)NCC1C(=O)NC(C)(C2CCCCC2)CC1C. The Bertz CT molecular complexity index is 895. The number of rotatable bonds is 6. The van der Waals surface area contributed by atoms with Crippen LogP contribution in [0.3, 0.4) is 0 Å². The molecule has 6 nitrogen and oxygen atoms in total. The number of carbonyl (C=O) groups is 2. The molecule has 1 aromatic rings. The van der Waals surface area contributed by atoms with Crippen LogP contribution in [0, 0.1) is 24.7 Å². The van der Waals surface area contributed by atoms with Crippen molar-refractivity contribution in [2.24, 2.45) is 17.8 Å². The molecule has 4 N–H and O–H groups in total. The minimum Gasteiger partial charge on any atom is -0.381 e. The fourth-order valence-corrected chi connectivity index (χ4v) is 6.57. The van der Waals surface area contributed by atoms with Crippen LogP contribution in [-0.4, -0.2) is 43.0 Å². The lowest BCUT2D eigenvalue weighted by Crippen LogP contribution is -2.61. The Morgan fingerprint density at radius 3 is 2.62 bits per heavy atom. The highest BCUT2D eigenvalue weighted by atomic mass is 35.5. The first-order valence-electron chi connectivity index (χ1n) is 13.1. The summed E-state index contributed by atoms with van der Waals surface area (Å²) in [6, 6.07) is 3.94. The summed E-state index contributed by atoms with van der Waals surface area (Å²) in [7, 11) is 0. The highest BCUT2D eigenvalue weighted by molar-refractivity contribution is 6.31. The van der Waals surface area contributed by atoms with Crippen molar-refractivity contribution in [2.75, 3.05) is 25.0 Å². The normalized spacial score (nSPS) is 30.5. The fraction of sp³-hybridized carbons (Fsp3) is 0.704. The number of hydrogen-bond donors (Lipinski definition) is 4. The third-order valence-electron chi connectivity index (χ3n) is 8.44. The molecule has 4 unspecified atom stereocenters. The maximum absolute atomic E-state index is 13.2. The topological polar surface area (TPSA) is 82.3 Å². The predicted octanol–water partition coefficient (Wildman–Crippen LogP) is 4.65. The maximum atomic E-state index is 13.2. The van der Waals surface area contributed by atoms with Gasteiger partial charge in [-0.2, -0.15) is 0 Å². The van der Waals surface area contributed by atoms with Crippen LogP contribution in [0.25, 0.3) is 0 Å². The lowest BCUT2D eigenvalue weighted by molar-refractivity contribution is -0.133. The van der Waals surface area contributed by atoms with E-state index in [1.54, 1.807) is 6.07 Å². The van der Waals surface area contributed by atoms with Crippen LogP contribution in [0.2, 0.25) is 5.02 Å². The third kappa shape index (κ3) is 5.71. The maximum Gasteiger partial charge on any atom is 0.251 e. The molecule has 0 bridgehead atoms. The second-order valence-electron chi connectivity index (χ2n) is 11.1. The van der Waals surface area contributed by atoms with Crippen molar-refractivity contribution >= 4 is 29.1 Å². The first-order chi connectivity index (χ1) is 16.3. The fourth-order valence-electron chi connectivity index (χ4n) is 6.35. The quantitative estimate of drug-likeness (QED) is 0.469. The lowest BCUT2D eigenvalue weighted by Gasteiger charge is -2.47. The second-order valence-corrected chi connectivity index (χ2v) is 11.5. The Balaban J connectivity index is 1.39. The van der Waals surface area contributed by atoms with Crippen molar-refractivity contribution in [1.29, 1.82) is 0 Å². The highest BCUT2D eigenvalue weighted by Gasteiger charge is 2.45. The molecule has 3 aliphatic rings.